The van der Waals surface area contributed by atoms with Crippen molar-refractivity contribution in [2.45, 2.75) is 17.2 Å². The lowest BCUT2D eigenvalue weighted by Gasteiger charge is -2.44. The number of hydrogen-bond donors (Lipinski definition) is 1. The third kappa shape index (κ3) is 4.19. The number of carbonyl (C=O) groups is 6. The lowest BCUT2D eigenvalue weighted by molar-refractivity contribution is -0.197. The first-order valence-corrected chi connectivity index (χ1v) is 16.3. The first-order chi connectivity index (χ1) is 23.4. The summed E-state index contributed by atoms with van der Waals surface area (Å²) < 4.78 is 38.3. The molecular formula is C34H21N3O11S. The number of amides is 5. The Morgan fingerprint density at radius 1 is 0.776 bits per heavy atom. The number of ether oxygens (including phenoxy) is 1. The SMILES string of the molecule is O=C(CN1C(=O)c2ccc(N3C(=O)c4ccccc4C34c3ccccc3Oc3ccccc34)cc2C1=O)ON1C(=O)CC(S(=O)(=O)O)C1=O. The summed E-state index contributed by atoms with van der Waals surface area (Å²) in [6.07, 6.45) is -0.956. The summed E-state index contributed by atoms with van der Waals surface area (Å²) in [7, 11) is -4.96. The number of para-hydroxylation sites is 2. The van der Waals surface area contributed by atoms with E-state index in [4.69, 9.17) is 9.57 Å². The van der Waals surface area contributed by atoms with Gasteiger partial charge in [0.2, 0.25) is 0 Å². The highest BCUT2D eigenvalue weighted by molar-refractivity contribution is 7.87. The van der Waals surface area contributed by atoms with Crippen LogP contribution in [0.25, 0.3) is 0 Å². The molecular weight excluding hydrogens is 658 g/mol. The van der Waals surface area contributed by atoms with Crippen LogP contribution in [0, 0.1) is 0 Å². The zero-order valence-corrected chi connectivity index (χ0v) is 25.7. The average molecular weight is 680 g/mol. The fourth-order valence-electron chi connectivity index (χ4n) is 6.93. The summed E-state index contributed by atoms with van der Waals surface area (Å²) in [5.41, 5.74) is 1.26. The third-order valence-electron chi connectivity index (χ3n) is 8.97. The highest BCUT2D eigenvalue weighted by Gasteiger charge is 2.57. The van der Waals surface area contributed by atoms with Crippen molar-refractivity contribution in [2.75, 3.05) is 11.4 Å². The normalized spacial score (nSPS) is 18.8. The highest BCUT2D eigenvalue weighted by Crippen LogP contribution is 2.58. The van der Waals surface area contributed by atoms with Gasteiger partial charge in [0, 0.05) is 27.9 Å². The molecule has 4 aliphatic rings. The molecule has 1 N–H and O–H groups in total. The van der Waals surface area contributed by atoms with Crippen molar-refractivity contribution in [1.29, 1.82) is 0 Å². The van der Waals surface area contributed by atoms with E-state index in [0.29, 0.717) is 38.7 Å². The fraction of sp³-hybridized carbons (Fsp3) is 0.118. The molecule has 1 saturated heterocycles. The largest absolute Gasteiger partial charge is 0.457 e. The van der Waals surface area contributed by atoms with Crippen LogP contribution in [0.3, 0.4) is 0 Å². The van der Waals surface area contributed by atoms with Crippen molar-refractivity contribution < 1.29 is 51.3 Å². The molecule has 4 aromatic rings. The van der Waals surface area contributed by atoms with Crippen LogP contribution in [0.15, 0.2) is 91.0 Å². The molecule has 8 rings (SSSR count). The minimum atomic E-state index is -4.96. The van der Waals surface area contributed by atoms with E-state index in [1.165, 1.54) is 18.2 Å². The third-order valence-corrected chi connectivity index (χ3v) is 10.1. The van der Waals surface area contributed by atoms with Gasteiger partial charge in [-0.3, -0.25) is 38.3 Å². The molecule has 0 aromatic heterocycles. The number of nitrogens with zero attached hydrogens (tertiary/aromatic N) is 3. The lowest BCUT2D eigenvalue weighted by atomic mass is 9.74. The van der Waals surface area contributed by atoms with Gasteiger partial charge in [-0.25, -0.2) is 4.79 Å². The molecule has 0 bridgehead atoms. The Bertz CT molecular complexity index is 2290. The van der Waals surface area contributed by atoms with Crippen LogP contribution in [0.2, 0.25) is 0 Å². The molecule has 0 radical (unpaired) electrons. The van der Waals surface area contributed by atoms with Crippen LogP contribution < -0.4 is 9.64 Å². The van der Waals surface area contributed by atoms with Crippen LogP contribution >= 0.6 is 0 Å². The summed E-state index contributed by atoms with van der Waals surface area (Å²) in [6.45, 7) is -1.04. The Morgan fingerprint density at radius 3 is 2.00 bits per heavy atom. The zero-order valence-electron chi connectivity index (χ0n) is 24.9. The number of hydrogen-bond acceptors (Lipinski definition) is 10. The second-order valence-electron chi connectivity index (χ2n) is 11.6. The maximum atomic E-state index is 14.4. The number of fused-ring (bicyclic) bond motifs is 7. The number of hydroxylamine groups is 2. The van der Waals surface area contributed by atoms with Crippen molar-refractivity contribution in [2.24, 2.45) is 0 Å². The minimum absolute atomic E-state index is 0.0766. The maximum Gasteiger partial charge on any atom is 0.352 e. The van der Waals surface area contributed by atoms with Gasteiger partial charge in [0.1, 0.15) is 23.6 Å². The summed E-state index contributed by atoms with van der Waals surface area (Å²) in [5, 5.41) is -2.26. The number of anilines is 1. The van der Waals surface area contributed by atoms with Gasteiger partial charge in [0.25, 0.3) is 39.7 Å². The summed E-state index contributed by atoms with van der Waals surface area (Å²) in [6, 6.07) is 26.0. The standard InChI is InChI=1S/C34H21N3O11S/c38-28-16-27(49(44,45)46)33(43)37(28)48-29(39)17-35-30(40)19-14-13-18(15-21(19)31(35)41)36-32(42)20-7-1-2-8-22(20)34(36)23-9-3-5-11-25(23)47-26-12-6-4-10-24(26)34/h1-15,27H,16-17H2,(H,44,45,46). The first-order valence-electron chi connectivity index (χ1n) is 14.8. The Balaban J connectivity index is 1.17. The molecule has 1 unspecified atom stereocenters. The van der Waals surface area contributed by atoms with Crippen molar-refractivity contribution >= 4 is 51.3 Å². The zero-order chi connectivity index (χ0) is 34.4. The Labute approximate surface area is 276 Å². The lowest BCUT2D eigenvalue weighted by Crippen LogP contribution is -2.47. The van der Waals surface area contributed by atoms with Crippen LogP contribution in [0.4, 0.5) is 5.69 Å². The van der Waals surface area contributed by atoms with Crippen LogP contribution in [-0.2, 0) is 34.9 Å². The molecule has 0 saturated carbocycles. The molecule has 244 valence electrons. The molecule has 4 heterocycles. The number of imide groups is 2. The van der Waals surface area contributed by atoms with Crippen molar-refractivity contribution in [3.8, 4) is 11.5 Å². The van der Waals surface area contributed by atoms with E-state index in [2.05, 4.69) is 0 Å². The van der Waals surface area contributed by atoms with Gasteiger partial charge in [-0.1, -0.05) is 54.6 Å². The van der Waals surface area contributed by atoms with Crippen LogP contribution in [0.1, 0.15) is 54.2 Å². The smallest absolute Gasteiger partial charge is 0.352 e. The molecule has 15 heteroatoms. The number of benzene rings is 4. The van der Waals surface area contributed by atoms with Crippen molar-refractivity contribution in [1.82, 2.24) is 9.96 Å². The van der Waals surface area contributed by atoms with Gasteiger partial charge in [0.15, 0.2) is 5.25 Å². The molecule has 49 heavy (non-hydrogen) atoms. The summed E-state index contributed by atoms with van der Waals surface area (Å²) in [4.78, 5) is 85.4. The molecule has 4 aliphatic heterocycles. The molecule has 14 nitrogen and oxygen atoms in total. The van der Waals surface area contributed by atoms with Crippen LogP contribution in [0.5, 0.6) is 11.5 Å². The van der Waals surface area contributed by atoms with E-state index in [-0.39, 0.29) is 27.8 Å². The van der Waals surface area contributed by atoms with Gasteiger partial charge >= 0.3 is 5.97 Å². The monoisotopic (exact) mass is 679 g/mol. The van der Waals surface area contributed by atoms with E-state index >= 15 is 0 Å². The first kappa shape index (κ1) is 30.2. The second-order valence-corrected chi connectivity index (χ2v) is 13.2. The van der Waals surface area contributed by atoms with Gasteiger partial charge in [-0.2, -0.15) is 8.42 Å². The molecule has 1 atom stereocenters. The Kier molecular flexibility index (Phi) is 6.40. The molecule has 0 aliphatic carbocycles. The molecule has 4 aromatic carbocycles. The van der Waals surface area contributed by atoms with Gasteiger partial charge in [-0.05, 0) is 36.4 Å². The summed E-state index contributed by atoms with van der Waals surface area (Å²) in [5.74, 6) is -5.24. The maximum absolute atomic E-state index is 14.4. The van der Waals surface area contributed by atoms with Crippen molar-refractivity contribution in [3.63, 3.8) is 0 Å². The Morgan fingerprint density at radius 2 is 1.37 bits per heavy atom. The van der Waals surface area contributed by atoms with E-state index < -0.39 is 63.5 Å². The summed E-state index contributed by atoms with van der Waals surface area (Å²) >= 11 is 0. The number of carbonyl (C=O) groups excluding carboxylic acids is 6. The van der Waals surface area contributed by atoms with E-state index in [1.54, 1.807) is 29.2 Å². The van der Waals surface area contributed by atoms with Crippen LogP contribution in [-0.4, -0.2) is 70.2 Å². The molecule has 5 amide bonds. The fourth-order valence-corrected chi connectivity index (χ4v) is 7.63. The van der Waals surface area contributed by atoms with E-state index in [0.717, 1.165) is 0 Å². The number of rotatable bonds is 5. The average Bonchev–Trinajstić information content (AvgIpc) is 3.61. The highest BCUT2D eigenvalue weighted by atomic mass is 32.2. The predicted molar refractivity (Wildman–Crippen MR) is 166 cm³/mol. The minimum Gasteiger partial charge on any atom is -0.457 e. The van der Waals surface area contributed by atoms with Gasteiger partial charge in [0.05, 0.1) is 17.5 Å². The van der Waals surface area contributed by atoms with E-state index in [9.17, 15) is 41.7 Å². The Hall–Kier alpha value is -6.19. The topological polar surface area (TPSA) is 185 Å². The quantitative estimate of drug-likeness (QED) is 0.242. The predicted octanol–water partition coefficient (Wildman–Crippen LogP) is 2.81. The molecule has 1 fully saturated rings. The second kappa shape index (κ2) is 10.4. The van der Waals surface area contributed by atoms with Gasteiger partial charge < -0.3 is 9.57 Å². The van der Waals surface area contributed by atoms with Crippen molar-refractivity contribution in [3.05, 3.63) is 124 Å². The molecule has 1 spiro atoms. The van der Waals surface area contributed by atoms with E-state index in [1.807, 2.05) is 48.5 Å². The van der Waals surface area contributed by atoms with Gasteiger partial charge in [-0.15, -0.1) is 5.06 Å².